The van der Waals surface area contributed by atoms with Gasteiger partial charge < -0.3 is 9.64 Å². The molecule has 176 valence electrons. The highest BCUT2D eigenvalue weighted by Crippen LogP contribution is 2.34. The predicted molar refractivity (Wildman–Crippen MR) is 139 cm³/mol. The van der Waals surface area contributed by atoms with E-state index in [0.717, 1.165) is 21.7 Å². The number of aromatic nitrogens is 1. The Labute approximate surface area is 208 Å². The van der Waals surface area contributed by atoms with Gasteiger partial charge in [-0.25, -0.2) is 13.4 Å². The molecule has 4 rings (SSSR count). The van der Waals surface area contributed by atoms with Gasteiger partial charge in [0, 0.05) is 29.4 Å². The molecule has 5 nitrogen and oxygen atoms in total. The third kappa shape index (κ3) is 5.12. The van der Waals surface area contributed by atoms with Crippen LogP contribution < -0.4 is 9.64 Å². The molecule has 0 N–H and O–H groups in total. The summed E-state index contributed by atoms with van der Waals surface area (Å²) in [5.74, 6) is 0.395. The van der Waals surface area contributed by atoms with Crippen LogP contribution in [0.5, 0.6) is 5.75 Å². The molecule has 0 unspecified atom stereocenters. The summed E-state index contributed by atoms with van der Waals surface area (Å²) in [5, 5.41) is 2.68. The van der Waals surface area contributed by atoms with E-state index in [1.54, 1.807) is 29.5 Å². The average molecular weight is 550 g/mol. The van der Waals surface area contributed by atoms with Gasteiger partial charge in [0.05, 0.1) is 18.1 Å². The highest BCUT2D eigenvalue weighted by Gasteiger charge is 2.34. The van der Waals surface area contributed by atoms with Crippen LogP contribution in [0, 0.1) is 20.8 Å². The molecule has 1 aromatic heterocycles. The molecular formula is C25H29BrN2O3S2. The lowest BCUT2D eigenvalue weighted by Gasteiger charge is -2.31. The van der Waals surface area contributed by atoms with Crippen LogP contribution in [0.3, 0.4) is 0 Å². The summed E-state index contributed by atoms with van der Waals surface area (Å²) in [7, 11) is -1.98. The van der Waals surface area contributed by atoms with Gasteiger partial charge in [0.15, 0.2) is 15.0 Å². The fourth-order valence-electron chi connectivity index (χ4n) is 4.60. The lowest BCUT2D eigenvalue weighted by molar-refractivity contribution is 0.401. The number of sulfone groups is 1. The molecule has 0 atom stereocenters. The van der Waals surface area contributed by atoms with Crippen LogP contribution >= 0.6 is 27.3 Å². The molecule has 1 saturated heterocycles. The van der Waals surface area contributed by atoms with Crippen LogP contribution in [0.2, 0.25) is 0 Å². The normalized spacial score (nSPS) is 15.1. The smallest absolute Gasteiger partial charge is 0.185 e. The highest BCUT2D eigenvalue weighted by atomic mass is 79.9. The lowest BCUT2D eigenvalue weighted by Crippen LogP contribution is -2.39. The van der Waals surface area contributed by atoms with Crippen molar-refractivity contribution in [3.8, 4) is 5.75 Å². The van der Waals surface area contributed by atoms with Crippen molar-refractivity contribution in [2.75, 3.05) is 25.1 Å². The van der Waals surface area contributed by atoms with E-state index in [2.05, 4.69) is 59.1 Å². The first-order valence-electron chi connectivity index (χ1n) is 11.0. The number of hydrogen-bond acceptors (Lipinski definition) is 6. The van der Waals surface area contributed by atoms with Gasteiger partial charge in [0.25, 0.3) is 0 Å². The summed E-state index contributed by atoms with van der Waals surface area (Å²) in [6.45, 7) is 7.80. The van der Waals surface area contributed by atoms with E-state index in [4.69, 9.17) is 9.72 Å². The Kier molecular flexibility index (Phi) is 7.17. The minimum atomic E-state index is -3.48. The standard InChI is InChI=1S/C25H29BrN2O3S2/c1-16-11-17(2)22(18(3)12-16)14-20-15-32-25(27-20)28-9-7-21(8-10-28)33(29,30)24-13-19(26)5-6-23(24)31-4/h5-6,11-13,15,21H,7-10,14H2,1-4H3. The van der Waals surface area contributed by atoms with E-state index in [9.17, 15) is 8.42 Å². The number of rotatable bonds is 6. The minimum absolute atomic E-state index is 0.262. The molecule has 1 fully saturated rings. The first-order valence-corrected chi connectivity index (χ1v) is 14.2. The zero-order chi connectivity index (χ0) is 23.8. The molecule has 0 radical (unpaired) electrons. The van der Waals surface area contributed by atoms with Crippen LogP contribution in [0.4, 0.5) is 5.13 Å². The summed E-state index contributed by atoms with van der Waals surface area (Å²) in [6.07, 6.45) is 1.97. The number of halogens is 1. The number of ether oxygens (including phenoxy) is 1. The third-order valence-corrected chi connectivity index (χ3v) is 10.0. The zero-order valence-corrected chi connectivity index (χ0v) is 22.6. The first kappa shape index (κ1) is 24.2. The Hall–Kier alpha value is -1.90. The van der Waals surface area contributed by atoms with Gasteiger partial charge in [0.2, 0.25) is 0 Å². The zero-order valence-electron chi connectivity index (χ0n) is 19.4. The fraction of sp³-hybridized carbons (Fsp3) is 0.400. The summed E-state index contributed by atoms with van der Waals surface area (Å²) >= 11 is 5.03. The lowest BCUT2D eigenvalue weighted by atomic mass is 9.96. The van der Waals surface area contributed by atoms with Gasteiger partial charge in [-0.3, -0.25) is 0 Å². The first-order chi connectivity index (χ1) is 15.7. The van der Waals surface area contributed by atoms with Crippen LogP contribution in [0.15, 0.2) is 45.1 Å². The van der Waals surface area contributed by atoms with Crippen molar-refractivity contribution in [2.24, 2.45) is 0 Å². The van der Waals surface area contributed by atoms with Gasteiger partial charge in [0.1, 0.15) is 10.6 Å². The van der Waals surface area contributed by atoms with E-state index in [1.165, 1.54) is 29.4 Å². The maximum atomic E-state index is 13.3. The monoisotopic (exact) mass is 548 g/mol. The molecule has 0 spiro atoms. The highest BCUT2D eigenvalue weighted by molar-refractivity contribution is 9.10. The minimum Gasteiger partial charge on any atom is -0.495 e. The molecule has 0 bridgehead atoms. The molecule has 2 aromatic carbocycles. The van der Waals surface area contributed by atoms with E-state index >= 15 is 0 Å². The number of benzene rings is 2. The molecule has 3 aromatic rings. The molecule has 0 aliphatic carbocycles. The Morgan fingerprint density at radius 3 is 2.42 bits per heavy atom. The van der Waals surface area contributed by atoms with Crippen molar-refractivity contribution < 1.29 is 13.2 Å². The number of nitrogens with zero attached hydrogens (tertiary/aromatic N) is 2. The van der Waals surface area contributed by atoms with E-state index in [-0.39, 0.29) is 4.90 Å². The van der Waals surface area contributed by atoms with Gasteiger partial charge in [-0.15, -0.1) is 11.3 Å². The fourth-order valence-corrected chi connectivity index (χ4v) is 7.91. The molecule has 1 aliphatic heterocycles. The Balaban J connectivity index is 1.45. The summed E-state index contributed by atoms with van der Waals surface area (Å²) in [4.78, 5) is 7.36. The molecule has 1 aliphatic rings. The topological polar surface area (TPSA) is 59.5 Å². The number of piperidine rings is 1. The van der Waals surface area contributed by atoms with Crippen molar-refractivity contribution in [3.05, 3.63) is 68.1 Å². The maximum absolute atomic E-state index is 13.3. The largest absolute Gasteiger partial charge is 0.495 e. The maximum Gasteiger partial charge on any atom is 0.185 e. The van der Waals surface area contributed by atoms with Gasteiger partial charge >= 0.3 is 0 Å². The van der Waals surface area contributed by atoms with Crippen molar-refractivity contribution >= 4 is 42.2 Å². The number of anilines is 1. The molecule has 2 heterocycles. The third-order valence-electron chi connectivity index (χ3n) is 6.32. The quantitative estimate of drug-likeness (QED) is 0.385. The van der Waals surface area contributed by atoms with E-state index in [0.29, 0.717) is 31.7 Å². The Morgan fingerprint density at radius 2 is 1.79 bits per heavy atom. The van der Waals surface area contributed by atoms with Gasteiger partial charge in [-0.1, -0.05) is 33.6 Å². The average Bonchev–Trinajstić information content (AvgIpc) is 3.25. The predicted octanol–water partition coefficient (Wildman–Crippen LogP) is 5.87. The second-order valence-corrected chi connectivity index (χ2v) is 12.7. The van der Waals surface area contributed by atoms with Crippen LogP contribution in [-0.4, -0.2) is 38.9 Å². The molecular weight excluding hydrogens is 520 g/mol. The van der Waals surface area contributed by atoms with Crippen LogP contribution in [0.1, 0.15) is 40.8 Å². The van der Waals surface area contributed by atoms with Gasteiger partial charge in [-0.2, -0.15) is 0 Å². The Morgan fingerprint density at radius 1 is 1.12 bits per heavy atom. The second-order valence-electron chi connectivity index (χ2n) is 8.70. The SMILES string of the molecule is COc1ccc(Br)cc1S(=O)(=O)C1CCN(c2nc(Cc3c(C)cc(C)cc3C)cs2)CC1. The van der Waals surface area contributed by atoms with Gasteiger partial charge in [-0.05, 0) is 68.5 Å². The molecule has 0 saturated carbocycles. The van der Waals surface area contributed by atoms with Crippen molar-refractivity contribution in [1.82, 2.24) is 4.98 Å². The number of hydrogen-bond donors (Lipinski definition) is 0. The summed E-state index contributed by atoms with van der Waals surface area (Å²) in [6, 6.07) is 9.58. The number of methoxy groups -OCH3 is 1. The summed E-state index contributed by atoms with van der Waals surface area (Å²) < 4.78 is 32.7. The van der Waals surface area contributed by atoms with Crippen LogP contribution in [-0.2, 0) is 16.3 Å². The van der Waals surface area contributed by atoms with Crippen molar-refractivity contribution in [1.29, 1.82) is 0 Å². The van der Waals surface area contributed by atoms with E-state index in [1.807, 2.05) is 0 Å². The second kappa shape index (κ2) is 9.76. The van der Waals surface area contributed by atoms with Crippen molar-refractivity contribution in [3.63, 3.8) is 0 Å². The van der Waals surface area contributed by atoms with Crippen molar-refractivity contribution in [2.45, 2.75) is 50.2 Å². The Bertz CT molecular complexity index is 1240. The molecule has 0 amide bonds. The molecule has 33 heavy (non-hydrogen) atoms. The number of thiazole rings is 1. The van der Waals surface area contributed by atoms with Crippen LogP contribution in [0.25, 0.3) is 0 Å². The number of aryl methyl sites for hydroxylation is 3. The summed E-state index contributed by atoms with van der Waals surface area (Å²) in [5.41, 5.74) is 6.29. The van der Waals surface area contributed by atoms with E-state index < -0.39 is 15.1 Å². The molecule has 8 heteroatoms.